The molecule has 0 fully saturated rings. The fourth-order valence-corrected chi connectivity index (χ4v) is 1.75. The van der Waals surface area contributed by atoms with Gasteiger partial charge in [0.15, 0.2) is 0 Å². The van der Waals surface area contributed by atoms with Gasteiger partial charge in [0.25, 0.3) is 0 Å². The Morgan fingerprint density at radius 2 is 1.56 bits per heavy atom. The highest BCUT2D eigenvalue weighted by atomic mass is 16.4. The van der Waals surface area contributed by atoms with Crippen LogP contribution in [0.5, 0.6) is 0 Å². The highest BCUT2D eigenvalue weighted by molar-refractivity contribution is 5.93. The SMILES string of the molecule is CC(N)C(=O)NCC(=O)NC(C(=O)NC(CC(N)=O)C(=O)O)C(C)C. The first kappa shape index (κ1) is 22.3. The number of amides is 4. The van der Waals surface area contributed by atoms with E-state index >= 15 is 0 Å². The van der Waals surface area contributed by atoms with Crippen molar-refractivity contribution in [2.45, 2.75) is 45.3 Å². The van der Waals surface area contributed by atoms with E-state index in [1.165, 1.54) is 6.92 Å². The summed E-state index contributed by atoms with van der Waals surface area (Å²) >= 11 is 0. The molecule has 142 valence electrons. The second kappa shape index (κ2) is 10.2. The van der Waals surface area contributed by atoms with Crippen LogP contribution in [0.4, 0.5) is 0 Å². The Labute approximate surface area is 144 Å². The minimum absolute atomic E-state index is 0.379. The smallest absolute Gasteiger partial charge is 0.326 e. The molecule has 0 aromatic carbocycles. The molecule has 0 heterocycles. The monoisotopic (exact) mass is 359 g/mol. The third kappa shape index (κ3) is 8.65. The van der Waals surface area contributed by atoms with Crippen molar-refractivity contribution in [2.24, 2.45) is 17.4 Å². The Kier molecular flexibility index (Phi) is 9.13. The minimum Gasteiger partial charge on any atom is -0.480 e. The lowest BCUT2D eigenvalue weighted by Crippen LogP contribution is -2.55. The number of aliphatic carboxylic acids is 1. The standard InChI is InChI=1S/C14H25N5O6/c1-6(2)11(19-10(21)5-17-12(22)7(3)15)13(23)18-8(14(24)25)4-9(16)20/h6-8,11H,4-5,15H2,1-3H3,(H2,16,20)(H,17,22)(H,18,23)(H,19,21)(H,24,25). The summed E-state index contributed by atoms with van der Waals surface area (Å²) in [7, 11) is 0. The van der Waals surface area contributed by atoms with Gasteiger partial charge >= 0.3 is 5.97 Å². The topological polar surface area (TPSA) is 194 Å². The third-order valence-corrected chi connectivity index (χ3v) is 3.12. The van der Waals surface area contributed by atoms with Gasteiger partial charge in [-0.1, -0.05) is 13.8 Å². The summed E-state index contributed by atoms with van der Waals surface area (Å²) in [6.07, 6.45) is -0.579. The molecule has 0 saturated carbocycles. The molecule has 11 heteroatoms. The van der Waals surface area contributed by atoms with E-state index in [9.17, 15) is 24.0 Å². The molecule has 0 rings (SSSR count). The molecule has 0 saturated heterocycles. The number of nitrogens with two attached hydrogens (primary N) is 2. The van der Waals surface area contributed by atoms with E-state index in [2.05, 4.69) is 16.0 Å². The lowest BCUT2D eigenvalue weighted by atomic mass is 10.0. The molecule has 4 amide bonds. The summed E-state index contributed by atoms with van der Waals surface area (Å²) in [6.45, 7) is 4.33. The van der Waals surface area contributed by atoms with Crippen molar-refractivity contribution in [1.29, 1.82) is 0 Å². The van der Waals surface area contributed by atoms with E-state index in [-0.39, 0.29) is 12.5 Å². The molecule has 0 spiro atoms. The molecular formula is C14H25N5O6. The molecule has 0 aliphatic heterocycles. The van der Waals surface area contributed by atoms with Crippen LogP contribution >= 0.6 is 0 Å². The van der Waals surface area contributed by atoms with E-state index in [1.54, 1.807) is 13.8 Å². The van der Waals surface area contributed by atoms with Crippen molar-refractivity contribution in [3.8, 4) is 0 Å². The number of carbonyl (C=O) groups is 5. The van der Waals surface area contributed by atoms with Gasteiger partial charge in [0, 0.05) is 0 Å². The van der Waals surface area contributed by atoms with E-state index in [0.29, 0.717) is 0 Å². The fourth-order valence-electron chi connectivity index (χ4n) is 1.75. The largest absolute Gasteiger partial charge is 0.480 e. The van der Waals surface area contributed by atoms with Crippen LogP contribution in [-0.4, -0.2) is 59.4 Å². The van der Waals surface area contributed by atoms with Crippen LogP contribution in [-0.2, 0) is 24.0 Å². The fraction of sp³-hybridized carbons (Fsp3) is 0.643. The van der Waals surface area contributed by atoms with Gasteiger partial charge in [0.05, 0.1) is 19.0 Å². The summed E-state index contributed by atoms with van der Waals surface area (Å²) in [6, 6.07) is -3.35. The minimum atomic E-state index is -1.50. The van der Waals surface area contributed by atoms with E-state index in [4.69, 9.17) is 16.6 Å². The lowest BCUT2D eigenvalue weighted by molar-refractivity contribution is -0.144. The number of primary amides is 1. The average molecular weight is 359 g/mol. The number of carboxylic acids is 1. The molecule has 0 aliphatic rings. The third-order valence-electron chi connectivity index (χ3n) is 3.12. The highest BCUT2D eigenvalue weighted by Gasteiger charge is 2.29. The van der Waals surface area contributed by atoms with E-state index in [0.717, 1.165) is 0 Å². The molecule has 0 aliphatic carbocycles. The summed E-state index contributed by atoms with van der Waals surface area (Å²) in [5, 5.41) is 15.8. The Morgan fingerprint density at radius 3 is 1.96 bits per heavy atom. The van der Waals surface area contributed by atoms with Crippen LogP contribution in [0.2, 0.25) is 0 Å². The molecule has 3 atom stereocenters. The maximum atomic E-state index is 12.2. The number of carboxylic acid groups (broad SMARTS) is 1. The molecule has 11 nitrogen and oxygen atoms in total. The van der Waals surface area contributed by atoms with Crippen LogP contribution in [0, 0.1) is 5.92 Å². The van der Waals surface area contributed by atoms with Crippen molar-refractivity contribution < 1.29 is 29.1 Å². The zero-order valence-electron chi connectivity index (χ0n) is 14.4. The Bertz CT molecular complexity index is 534. The first-order chi connectivity index (χ1) is 11.5. The average Bonchev–Trinajstić information content (AvgIpc) is 2.48. The molecule has 0 radical (unpaired) electrons. The molecule has 0 aromatic heterocycles. The van der Waals surface area contributed by atoms with E-state index < -0.39 is 54.1 Å². The van der Waals surface area contributed by atoms with Gasteiger partial charge in [-0.15, -0.1) is 0 Å². The van der Waals surface area contributed by atoms with Crippen LogP contribution < -0.4 is 27.4 Å². The van der Waals surface area contributed by atoms with E-state index in [1.807, 2.05) is 0 Å². The first-order valence-electron chi connectivity index (χ1n) is 7.59. The predicted molar refractivity (Wildman–Crippen MR) is 86.8 cm³/mol. The summed E-state index contributed by atoms with van der Waals surface area (Å²) < 4.78 is 0. The summed E-state index contributed by atoms with van der Waals surface area (Å²) in [4.78, 5) is 57.3. The zero-order valence-corrected chi connectivity index (χ0v) is 14.4. The number of nitrogens with one attached hydrogen (secondary N) is 3. The number of hydrogen-bond acceptors (Lipinski definition) is 6. The summed E-state index contributed by atoms with van der Waals surface area (Å²) in [5.41, 5.74) is 10.3. The second-order valence-electron chi connectivity index (χ2n) is 5.87. The number of hydrogen-bond donors (Lipinski definition) is 6. The lowest BCUT2D eigenvalue weighted by Gasteiger charge is -2.23. The molecule has 0 bridgehead atoms. The van der Waals surface area contributed by atoms with Gasteiger partial charge in [-0.25, -0.2) is 4.79 Å². The molecule has 0 aromatic rings. The van der Waals surface area contributed by atoms with Crippen molar-refractivity contribution in [3.05, 3.63) is 0 Å². The Morgan fingerprint density at radius 1 is 1.00 bits per heavy atom. The Balaban J connectivity index is 4.83. The maximum absolute atomic E-state index is 12.2. The molecule has 8 N–H and O–H groups in total. The van der Waals surface area contributed by atoms with Crippen molar-refractivity contribution in [1.82, 2.24) is 16.0 Å². The molecule has 3 unspecified atom stereocenters. The van der Waals surface area contributed by atoms with Crippen LogP contribution in [0.3, 0.4) is 0 Å². The van der Waals surface area contributed by atoms with Crippen molar-refractivity contribution in [2.75, 3.05) is 6.54 Å². The zero-order chi connectivity index (χ0) is 19.7. The predicted octanol–water partition coefficient (Wildman–Crippen LogP) is -2.96. The first-order valence-corrected chi connectivity index (χ1v) is 7.59. The quantitative estimate of drug-likeness (QED) is 0.239. The van der Waals surface area contributed by atoms with Gasteiger partial charge in [-0.05, 0) is 12.8 Å². The summed E-state index contributed by atoms with van der Waals surface area (Å²) in [5.74, 6) is -4.66. The maximum Gasteiger partial charge on any atom is 0.326 e. The van der Waals surface area contributed by atoms with Crippen molar-refractivity contribution >= 4 is 29.6 Å². The van der Waals surface area contributed by atoms with Crippen LogP contribution in [0.25, 0.3) is 0 Å². The normalized spacial score (nSPS) is 14.1. The van der Waals surface area contributed by atoms with Crippen LogP contribution in [0.1, 0.15) is 27.2 Å². The number of rotatable bonds is 10. The highest BCUT2D eigenvalue weighted by Crippen LogP contribution is 2.03. The molecule has 25 heavy (non-hydrogen) atoms. The van der Waals surface area contributed by atoms with Gasteiger partial charge in [-0.3, -0.25) is 19.2 Å². The molecular weight excluding hydrogens is 334 g/mol. The van der Waals surface area contributed by atoms with Gasteiger partial charge in [0.1, 0.15) is 12.1 Å². The Hall–Kier alpha value is -2.69. The number of carbonyl (C=O) groups excluding carboxylic acids is 4. The second-order valence-corrected chi connectivity index (χ2v) is 5.87. The van der Waals surface area contributed by atoms with Gasteiger partial charge < -0.3 is 32.5 Å². The van der Waals surface area contributed by atoms with Gasteiger partial charge in [0.2, 0.25) is 23.6 Å². The van der Waals surface area contributed by atoms with Crippen LogP contribution in [0.15, 0.2) is 0 Å². The van der Waals surface area contributed by atoms with Crippen molar-refractivity contribution in [3.63, 3.8) is 0 Å². The van der Waals surface area contributed by atoms with Gasteiger partial charge in [-0.2, -0.15) is 0 Å².